The van der Waals surface area contributed by atoms with Crippen molar-refractivity contribution in [1.82, 2.24) is 5.32 Å². The van der Waals surface area contributed by atoms with Crippen LogP contribution in [0.3, 0.4) is 0 Å². The van der Waals surface area contributed by atoms with E-state index in [-0.39, 0.29) is 25.0 Å². The van der Waals surface area contributed by atoms with Crippen molar-refractivity contribution in [3.63, 3.8) is 0 Å². The van der Waals surface area contributed by atoms with Crippen molar-refractivity contribution < 1.29 is 33.0 Å². The molecule has 2 N–H and O–H groups in total. The maximum atomic E-state index is 13.5. The van der Waals surface area contributed by atoms with E-state index in [0.29, 0.717) is 6.07 Å². The number of benzene rings is 1. The number of Topliss-reactive ketones (excluding diaryl/α,β-unsaturated/α-hetero) is 1. The molecule has 8 heteroatoms. The van der Waals surface area contributed by atoms with Crippen LogP contribution in [-0.4, -0.2) is 35.6 Å². The van der Waals surface area contributed by atoms with E-state index in [1.54, 1.807) is 6.92 Å². The van der Waals surface area contributed by atoms with E-state index < -0.39 is 35.5 Å². The Balaban J connectivity index is 2.72. The van der Waals surface area contributed by atoms with Gasteiger partial charge in [-0.1, -0.05) is 0 Å². The maximum Gasteiger partial charge on any atom is 0.405 e. The zero-order valence-corrected chi connectivity index (χ0v) is 11.8. The van der Waals surface area contributed by atoms with Gasteiger partial charge in [0.2, 0.25) is 0 Å². The summed E-state index contributed by atoms with van der Waals surface area (Å²) in [4.78, 5) is 34.0. The van der Waals surface area contributed by atoms with Gasteiger partial charge in [-0.15, -0.1) is 0 Å². The lowest BCUT2D eigenvalue weighted by molar-refractivity contribution is -0.145. The predicted molar refractivity (Wildman–Crippen MR) is 71.5 cm³/mol. The van der Waals surface area contributed by atoms with Crippen molar-refractivity contribution in [2.45, 2.75) is 25.8 Å². The molecule has 1 rings (SSSR count). The van der Waals surface area contributed by atoms with Crippen molar-refractivity contribution in [1.29, 1.82) is 0 Å². The third kappa shape index (κ3) is 5.12. The fourth-order valence-corrected chi connectivity index (χ4v) is 1.77. The highest BCUT2D eigenvalue weighted by atomic mass is 19.1. The molecule has 6 nitrogen and oxygen atoms in total. The summed E-state index contributed by atoms with van der Waals surface area (Å²) >= 11 is 0. The number of nitrogens with one attached hydrogen (secondary N) is 1. The third-order valence-corrected chi connectivity index (χ3v) is 2.76. The minimum absolute atomic E-state index is 0.0527. The smallest absolute Gasteiger partial charge is 0.405 e. The normalized spacial score (nSPS) is 11.6. The van der Waals surface area contributed by atoms with Crippen molar-refractivity contribution in [2.75, 3.05) is 6.61 Å². The van der Waals surface area contributed by atoms with Crippen LogP contribution in [0.4, 0.5) is 13.6 Å². The Hall–Kier alpha value is -2.51. The van der Waals surface area contributed by atoms with E-state index in [1.165, 1.54) is 0 Å². The van der Waals surface area contributed by atoms with Crippen LogP contribution in [0.15, 0.2) is 18.2 Å². The Morgan fingerprint density at radius 2 is 2.00 bits per heavy atom. The van der Waals surface area contributed by atoms with Crippen molar-refractivity contribution in [2.24, 2.45) is 0 Å². The highest BCUT2D eigenvalue weighted by molar-refractivity contribution is 5.96. The van der Waals surface area contributed by atoms with Gasteiger partial charge < -0.3 is 15.2 Å². The Morgan fingerprint density at radius 1 is 1.32 bits per heavy atom. The number of rotatable bonds is 7. The molecule has 1 amide bonds. The molecule has 0 saturated heterocycles. The van der Waals surface area contributed by atoms with E-state index in [4.69, 9.17) is 5.11 Å². The van der Waals surface area contributed by atoms with Gasteiger partial charge >= 0.3 is 12.1 Å². The standard InChI is InChI=1S/C14H15F2NO5/c1-2-22-13(19)11(17-14(20)21)5-6-12(18)9-4-3-8(15)7-10(9)16/h3-4,7,11,17H,2,5-6H2,1H3,(H,20,21). The van der Waals surface area contributed by atoms with Crippen molar-refractivity contribution in [3.8, 4) is 0 Å². The van der Waals surface area contributed by atoms with Crippen molar-refractivity contribution in [3.05, 3.63) is 35.4 Å². The molecule has 1 aromatic rings. The van der Waals surface area contributed by atoms with Gasteiger partial charge in [0.05, 0.1) is 12.2 Å². The van der Waals surface area contributed by atoms with E-state index in [0.717, 1.165) is 12.1 Å². The predicted octanol–water partition coefficient (Wildman–Crippen LogP) is 2.13. The second-order valence-corrected chi connectivity index (χ2v) is 4.34. The molecule has 0 aliphatic heterocycles. The first-order chi connectivity index (χ1) is 10.3. The van der Waals surface area contributed by atoms with Crippen LogP contribution in [0, 0.1) is 11.6 Å². The van der Waals surface area contributed by atoms with Crippen LogP contribution in [0.2, 0.25) is 0 Å². The number of hydrogen-bond donors (Lipinski definition) is 2. The number of carboxylic acid groups (broad SMARTS) is 1. The number of halogens is 2. The Morgan fingerprint density at radius 3 is 2.55 bits per heavy atom. The quantitative estimate of drug-likeness (QED) is 0.594. The van der Waals surface area contributed by atoms with Gasteiger partial charge in [-0.05, 0) is 25.5 Å². The van der Waals surface area contributed by atoms with Crippen LogP contribution in [0.25, 0.3) is 0 Å². The van der Waals surface area contributed by atoms with Gasteiger partial charge in [-0.25, -0.2) is 18.4 Å². The van der Waals surface area contributed by atoms with Gasteiger partial charge in [-0.3, -0.25) is 4.79 Å². The molecule has 0 radical (unpaired) electrons. The molecule has 0 fully saturated rings. The van der Waals surface area contributed by atoms with E-state index in [9.17, 15) is 23.2 Å². The molecule has 120 valence electrons. The topological polar surface area (TPSA) is 92.7 Å². The molecule has 0 spiro atoms. The second kappa shape index (κ2) is 8.06. The summed E-state index contributed by atoms with van der Waals surface area (Å²) in [7, 11) is 0. The summed E-state index contributed by atoms with van der Waals surface area (Å²) in [6, 6.07) is 1.28. The van der Waals surface area contributed by atoms with Gasteiger partial charge in [0, 0.05) is 12.5 Å². The molecule has 0 aromatic heterocycles. The molecule has 22 heavy (non-hydrogen) atoms. The SMILES string of the molecule is CCOC(=O)C(CCC(=O)c1ccc(F)cc1F)NC(=O)O. The minimum Gasteiger partial charge on any atom is -0.465 e. The highest BCUT2D eigenvalue weighted by Crippen LogP contribution is 2.14. The largest absolute Gasteiger partial charge is 0.465 e. The maximum absolute atomic E-state index is 13.5. The fourth-order valence-electron chi connectivity index (χ4n) is 1.77. The van der Waals surface area contributed by atoms with Crippen LogP contribution in [0.1, 0.15) is 30.1 Å². The Kier molecular flexibility index (Phi) is 6.43. The molecule has 0 heterocycles. The van der Waals surface area contributed by atoms with Gasteiger partial charge in [0.25, 0.3) is 0 Å². The zero-order valence-electron chi connectivity index (χ0n) is 11.8. The molecular formula is C14H15F2NO5. The highest BCUT2D eigenvalue weighted by Gasteiger charge is 2.23. The lowest BCUT2D eigenvalue weighted by Crippen LogP contribution is -2.41. The molecular weight excluding hydrogens is 300 g/mol. The molecule has 0 aliphatic carbocycles. The average Bonchev–Trinajstić information content (AvgIpc) is 2.42. The summed E-state index contributed by atoms with van der Waals surface area (Å²) in [6.07, 6.45) is -1.94. The van der Waals surface area contributed by atoms with Crippen molar-refractivity contribution >= 4 is 17.8 Å². The number of esters is 1. The number of carbonyl (C=O) groups is 3. The number of carbonyl (C=O) groups excluding carboxylic acids is 2. The second-order valence-electron chi connectivity index (χ2n) is 4.34. The summed E-state index contributed by atoms with van der Waals surface area (Å²) in [5.74, 6) is -3.31. The van der Waals surface area contributed by atoms with Gasteiger partial charge in [0.1, 0.15) is 17.7 Å². The van der Waals surface area contributed by atoms with Crippen LogP contribution >= 0.6 is 0 Å². The number of amides is 1. The molecule has 0 saturated carbocycles. The monoisotopic (exact) mass is 315 g/mol. The lowest BCUT2D eigenvalue weighted by Gasteiger charge is -2.15. The molecule has 1 atom stereocenters. The van der Waals surface area contributed by atoms with Crippen LogP contribution < -0.4 is 5.32 Å². The lowest BCUT2D eigenvalue weighted by atomic mass is 10.0. The number of ether oxygens (including phenoxy) is 1. The van der Waals surface area contributed by atoms with Gasteiger partial charge in [0.15, 0.2) is 5.78 Å². The Labute approximate surface area is 125 Å². The first-order valence-corrected chi connectivity index (χ1v) is 6.49. The van der Waals surface area contributed by atoms with Gasteiger partial charge in [-0.2, -0.15) is 0 Å². The summed E-state index contributed by atoms with van der Waals surface area (Å²) < 4.78 is 30.9. The van der Waals surface area contributed by atoms with Crippen LogP contribution in [-0.2, 0) is 9.53 Å². The zero-order chi connectivity index (χ0) is 16.7. The van der Waals surface area contributed by atoms with Crippen LogP contribution in [0.5, 0.6) is 0 Å². The molecule has 1 unspecified atom stereocenters. The molecule has 1 aromatic carbocycles. The molecule has 0 aliphatic rings. The summed E-state index contributed by atoms with van der Waals surface area (Å²) in [5.41, 5.74) is -0.320. The van der Waals surface area contributed by atoms with E-state index >= 15 is 0 Å². The summed E-state index contributed by atoms with van der Waals surface area (Å²) in [5, 5.41) is 10.6. The van der Waals surface area contributed by atoms with E-state index in [1.807, 2.05) is 5.32 Å². The fraction of sp³-hybridized carbons (Fsp3) is 0.357. The van der Waals surface area contributed by atoms with E-state index in [2.05, 4.69) is 4.74 Å². The Bertz CT molecular complexity index is 576. The number of hydrogen-bond acceptors (Lipinski definition) is 4. The summed E-state index contributed by atoms with van der Waals surface area (Å²) in [6.45, 7) is 1.60. The minimum atomic E-state index is -1.45. The number of ketones is 1. The molecule has 0 bridgehead atoms. The first-order valence-electron chi connectivity index (χ1n) is 6.49. The average molecular weight is 315 g/mol. The first kappa shape index (κ1) is 17.5. The third-order valence-electron chi connectivity index (χ3n) is 2.76.